The zero-order valence-electron chi connectivity index (χ0n) is 15.3. The molecule has 1 aliphatic rings. The maximum Gasteiger partial charge on any atom is 0.313 e. The van der Waals surface area contributed by atoms with Crippen LogP contribution in [0.3, 0.4) is 0 Å². The Labute approximate surface area is 152 Å². The average Bonchev–Trinajstić information content (AvgIpc) is 3.42. The van der Waals surface area contributed by atoms with Crippen molar-refractivity contribution >= 4 is 17.5 Å². The van der Waals surface area contributed by atoms with Gasteiger partial charge in [-0.2, -0.15) is 5.10 Å². The number of nitrogens with one attached hydrogen (secondary N) is 2. The first-order chi connectivity index (χ1) is 12.5. The van der Waals surface area contributed by atoms with E-state index in [0.717, 1.165) is 5.56 Å². The van der Waals surface area contributed by atoms with Gasteiger partial charge in [0.2, 0.25) is 0 Å². The highest BCUT2D eigenvalue weighted by atomic mass is 16.2. The lowest BCUT2D eigenvalue weighted by atomic mass is 10.2. The number of aryl methyl sites for hydroxylation is 1. The van der Waals surface area contributed by atoms with Crippen molar-refractivity contribution in [3.63, 3.8) is 0 Å². The van der Waals surface area contributed by atoms with Crippen LogP contribution in [-0.2, 0) is 16.6 Å². The molecule has 0 saturated heterocycles. The summed E-state index contributed by atoms with van der Waals surface area (Å²) in [6.07, 6.45) is 7.38. The maximum absolute atomic E-state index is 12.2. The van der Waals surface area contributed by atoms with Crippen LogP contribution in [0.15, 0.2) is 30.7 Å². The van der Waals surface area contributed by atoms with E-state index < -0.39 is 11.8 Å². The predicted molar refractivity (Wildman–Crippen MR) is 98.3 cm³/mol. The number of nitrogens with zero attached hydrogens (tertiary/aromatic N) is 4. The molecule has 0 unspecified atom stereocenters. The van der Waals surface area contributed by atoms with Crippen molar-refractivity contribution in [2.45, 2.75) is 31.8 Å². The number of carbonyl (C=O) groups excluding carboxylic acids is 2. The molecule has 8 nitrogen and oxygen atoms in total. The van der Waals surface area contributed by atoms with Crippen molar-refractivity contribution in [3.05, 3.63) is 30.7 Å². The Morgan fingerprint density at radius 1 is 1.31 bits per heavy atom. The summed E-state index contributed by atoms with van der Waals surface area (Å²) in [4.78, 5) is 30.6. The quantitative estimate of drug-likeness (QED) is 0.754. The summed E-state index contributed by atoms with van der Waals surface area (Å²) in [7, 11) is 3.81. The van der Waals surface area contributed by atoms with Crippen molar-refractivity contribution in [2.75, 3.05) is 18.9 Å². The zero-order chi connectivity index (χ0) is 18.7. The van der Waals surface area contributed by atoms with Crippen LogP contribution in [0.2, 0.25) is 0 Å². The summed E-state index contributed by atoms with van der Waals surface area (Å²) in [6.45, 7) is 2.47. The van der Waals surface area contributed by atoms with Crippen LogP contribution in [0.25, 0.3) is 11.3 Å². The van der Waals surface area contributed by atoms with Gasteiger partial charge in [-0.3, -0.25) is 24.2 Å². The lowest BCUT2D eigenvalue weighted by Crippen LogP contribution is -2.44. The van der Waals surface area contributed by atoms with Crippen molar-refractivity contribution in [3.8, 4) is 11.3 Å². The lowest BCUT2D eigenvalue weighted by molar-refractivity contribution is -0.136. The fourth-order valence-electron chi connectivity index (χ4n) is 2.79. The molecule has 0 aromatic carbocycles. The molecule has 2 aromatic heterocycles. The molecule has 26 heavy (non-hydrogen) atoms. The molecule has 1 aliphatic carbocycles. The molecule has 2 N–H and O–H groups in total. The average molecular weight is 356 g/mol. The number of rotatable bonds is 6. The molecule has 2 amide bonds. The van der Waals surface area contributed by atoms with Crippen molar-refractivity contribution in [2.24, 2.45) is 7.05 Å². The van der Waals surface area contributed by atoms with Crippen LogP contribution < -0.4 is 10.6 Å². The van der Waals surface area contributed by atoms with Gasteiger partial charge in [-0.25, -0.2) is 0 Å². The van der Waals surface area contributed by atoms with E-state index in [2.05, 4.69) is 25.6 Å². The molecule has 2 heterocycles. The predicted octanol–water partition coefficient (Wildman–Crippen LogP) is 1.02. The zero-order valence-corrected chi connectivity index (χ0v) is 15.3. The minimum Gasteiger partial charge on any atom is -0.346 e. The van der Waals surface area contributed by atoms with Crippen molar-refractivity contribution in [1.29, 1.82) is 0 Å². The molecule has 3 rings (SSSR count). The van der Waals surface area contributed by atoms with Gasteiger partial charge in [0, 0.05) is 49.8 Å². The molecule has 1 atom stereocenters. The molecule has 0 aliphatic heterocycles. The van der Waals surface area contributed by atoms with Crippen LogP contribution in [-0.4, -0.2) is 57.2 Å². The van der Waals surface area contributed by atoms with Gasteiger partial charge in [0.05, 0.1) is 5.69 Å². The van der Waals surface area contributed by atoms with Gasteiger partial charge in [-0.15, -0.1) is 0 Å². The first-order valence-corrected chi connectivity index (χ1v) is 8.71. The van der Waals surface area contributed by atoms with Crippen LogP contribution in [0.4, 0.5) is 5.69 Å². The van der Waals surface area contributed by atoms with Crippen LogP contribution >= 0.6 is 0 Å². The highest BCUT2D eigenvalue weighted by Crippen LogP contribution is 2.27. The Balaban J connectivity index is 1.60. The topological polar surface area (TPSA) is 92.2 Å². The molecule has 8 heteroatoms. The number of likely N-dealkylation sites (N-methyl/N-ethyl adjacent to an activating group) is 1. The third-order valence-corrected chi connectivity index (χ3v) is 4.61. The number of aromatic nitrogens is 3. The largest absolute Gasteiger partial charge is 0.346 e. The van der Waals surface area contributed by atoms with E-state index in [9.17, 15) is 9.59 Å². The molecule has 2 aromatic rings. The number of amides is 2. The Hall–Kier alpha value is -2.74. The SMILES string of the molecule is C[C@@H](CNC(=O)C(=O)Nc1cn(C)nc1-c1ccncc1)N(C)C1CC1. The third kappa shape index (κ3) is 4.26. The van der Waals surface area contributed by atoms with E-state index in [1.807, 2.05) is 14.0 Å². The number of pyridine rings is 1. The van der Waals surface area contributed by atoms with Gasteiger partial charge >= 0.3 is 11.8 Å². The lowest BCUT2D eigenvalue weighted by Gasteiger charge is -2.24. The summed E-state index contributed by atoms with van der Waals surface area (Å²) in [5.41, 5.74) is 1.90. The second-order valence-electron chi connectivity index (χ2n) is 6.71. The second-order valence-corrected chi connectivity index (χ2v) is 6.71. The highest BCUT2D eigenvalue weighted by Gasteiger charge is 2.29. The monoisotopic (exact) mass is 356 g/mol. The summed E-state index contributed by atoms with van der Waals surface area (Å²) in [6, 6.07) is 4.39. The maximum atomic E-state index is 12.2. The van der Waals surface area contributed by atoms with E-state index in [1.54, 1.807) is 42.5 Å². The molecule has 1 saturated carbocycles. The molecule has 138 valence electrons. The Morgan fingerprint density at radius 3 is 2.65 bits per heavy atom. The molecule has 0 radical (unpaired) electrons. The molecule has 1 fully saturated rings. The van der Waals surface area contributed by atoms with Crippen molar-refractivity contribution < 1.29 is 9.59 Å². The molecule has 0 spiro atoms. The van der Waals surface area contributed by atoms with Gasteiger partial charge < -0.3 is 10.6 Å². The second kappa shape index (κ2) is 7.65. The van der Waals surface area contributed by atoms with Gasteiger partial charge in [-0.1, -0.05) is 0 Å². The smallest absolute Gasteiger partial charge is 0.313 e. The standard InChI is InChI=1S/C18H24N6O2/c1-12(24(3)14-4-5-14)10-20-17(25)18(26)21-15-11-23(2)22-16(15)13-6-8-19-9-7-13/h6-9,11-12,14H,4-5,10H2,1-3H3,(H,20,25)(H,21,26)/t12-/m0/s1. The number of hydrogen-bond acceptors (Lipinski definition) is 5. The minimum atomic E-state index is -0.699. The van der Waals surface area contributed by atoms with Gasteiger partial charge in [0.15, 0.2) is 0 Å². The summed E-state index contributed by atoms with van der Waals surface area (Å²) >= 11 is 0. The summed E-state index contributed by atoms with van der Waals surface area (Å²) in [5, 5.41) is 9.70. The fourth-order valence-corrected chi connectivity index (χ4v) is 2.79. The first-order valence-electron chi connectivity index (χ1n) is 8.71. The van der Waals surface area contributed by atoms with Gasteiger partial charge in [0.25, 0.3) is 0 Å². The Kier molecular flexibility index (Phi) is 5.32. The minimum absolute atomic E-state index is 0.185. The van der Waals surface area contributed by atoms with Gasteiger partial charge in [-0.05, 0) is 38.9 Å². The summed E-state index contributed by atoms with van der Waals surface area (Å²) < 4.78 is 1.59. The number of carbonyl (C=O) groups is 2. The van der Waals surface area contributed by atoms with E-state index in [4.69, 9.17) is 0 Å². The fraction of sp³-hybridized carbons (Fsp3) is 0.444. The number of hydrogen-bond donors (Lipinski definition) is 2. The third-order valence-electron chi connectivity index (χ3n) is 4.61. The molecular formula is C18H24N6O2. The van der Waals surface area contributed by atoms with Crippen LogP contribution in [0, 0.1) is 0 Å². The van der Waals surface area contributed by atoms with E-state index in [0.29, 0.717) is 24.0 Å². The molecule has 0 bridgehead atoms. The Bertz CT molecular complexity index is 784. The first kappa shape index (κ1) is 18.1. The van der Waals surface area contributed by atoms with E-state index in [1.165, 1.54) is 12.8 Å². The Morgan fingerprint density at radius 2 is 2.00 bits per heavy atom. The van der Waals surface area contributed by atoms with Gasteiger partial charge in [0.1, 0.15) is 5.69 Å². The van der Waals surface area contributed by atoms with E-state index in [-0.39, 0.29) is 6.04 Å². The normalized spacial score (nSPS) is 14.9. The molecular weight excluding hydrogens is 332 g/mol. The van der Waals surface area contributed by atoms with Crippen LogP contribution in [0.1, 0.15) is 19.8 Å². The highest BCUT2D eigenvalue weighted by molar-refractivity contribution is 6.39. The number of anilines is 1. The van der Waals surface area contributed by atoms with Crippen molar-refractivity contribution in [1.82, 2.24) is 25.0 Å². The summed E-state index contributed by atoms with van der Waals surface area (Å²) in [5.74, 6) is -1.35. The van der Waals surface area contributed by atoms with E-state index >= 15 is 0 Å². The van der Waals surface area contributed by atoms with Crippen LogP contribution in [0.5, 0.6) is 0 Å².